The maximum absolute atomic E-state index is 11.8. The molecule has 0 aliphatic heterocycles. The highest BCUT2D eigenvalue weighted by atomic mass is 32.1. The molecule has 5 nitrogen and oxygen atoms in total. The van der Waals surface area contributed by atoms with Crippen LogP contribution in [0.3, 0.4) is 0 Å². The Labute approximate surface area is 106 Å². The Kier molecular flexibility index (Phi) is 1.94. The van der Waals surface area contributed by atoms with Gasteiger partial charge in [-0.2, -0.15) is 9.61 Å². The topological polar surface area (TPSA) is 63.0 Å². The molecule has 0 spiro atoms. The van der Waals surface area contributed by atoms with Crippen LogP contribution in [-0.2, 0) is 12.8 Å². The Balaban J connectivity index is 2.17. The van der Waals surface area contributed by atoms with Gasteiger partial charge in [-0.1, -0.05) is 6.92 Å². The number of aryl methyl sites for hydroxylation is 1. The first-order chi connectivity index (χ1) is 8.74. The van der Waals surface area contributed by atoms with Gasteiger partial charge in [0.1, 0.15) is 11.2 Å². The van der Waals surface area contributed by atoms with Gasteiger partial charge in [-0.05, 0) is 30.7 Å². The molecule has 3 aromatic rings. The number of hydrogen-bond donors (Lipinski definition) is 1. The second-order valence-electron chi connectivity index (χ2n) is 4.98. The molecule has 0 amide bonds. The molecule has 0 unspecified atom stereocenters. The number of aromatic amines is 1. The number of aromatic nitrogens is 4. The van der Waals surface area contributed by atoms with Crippen LogP contribution in [0.5, 0.6) is 0 Å². The monoisotopic (exact) mass is 260 g/mol. The van der Waals surface area contributed by atoms with Crippen LogP contribution in [0, 0.1) is 5.92 Å². The number of rotatable bonds is 0. The average Bonchev–Trinajstić information content (AvgIpc) is 2.91. The van der Waals surface area contributed by atoms with Gasteiger partial charge in [-0.25, -0.2) is 9.78 Å². The molecule has 1 aliphatic carbocycles. The number of H-pyrrole nitrogens is 1. The fourth-order valence-electron chi connectivity index (χ4n) is 2.79. The van der Waals surface area contributed by atoms with Crippen molar-refractivity contribution in [2.24, 2.45) is 5.92 Å². The predicted molar refractivity (Wildman–Crippen MR) is 70.2 cm³/mol. The lowest BCUT2D eigenvalue weighted by atomic mass is 9.89. The van der Waals surface area contributed by atoms with Crippen LogP contribution in [-0.4, -0.2) is 19.6 Å². The third-order valence-corrected chi connectivity index (χ3v) is 4.87. The van der Waals surface area contributed by atoms with Gasteiger partial charge in [0.05, 0.1) is 5.39 Å². The summed E-state index contributed by atoms with van der Waals surface area (Å²) < 4.78 is 1.35. The fraction of sp³-hybridized carbons (Fsp3) is 0.417. The van der Waals surface area contributed by atoms with Crippen molar-refractivity contribution < 1.29 is 0 Å². The molecular weight excluding hydrogens is 248 g/mol. The highest BCUT2D eigenvalue weighted by Gasteiger charge is 2.23. The van der Waals surface area contributed by atoms with Crippen LogP contribution < -0.4 is 5.69 Å². The van der Waals surface area contributed by atoms with E-state index in [4.69, 9.17) is 0 Å². The van der Waals surface area contributed by atoms with Crippen molar-refractivity contribution in [3.05, 3.63) is 27.3 Å². The SMILES string of the molecule is C[C@@H]1CCc2c(sc3[nH]c(=O)n4ncnc4c23)C1. The number of fused-ring (bicyclic) bond motifs is 5. The molecule has 92 valence electrons. The summed E-state index contributed by atoms with van der Waals surface area (Å²) in [6.45, 7) is 2.28. The highest BCUT2D eigenvalue weighted by molar-refractivity contribution is 7.19. The van der Waals surface area contributed by atoms with E-state index in [9.17, 15) is 4.79 Å². The molecule has 0 radical (unpaired) electrons. The second kappa shape index (κ2) is 3.41. The first-order valence-electron chi connectivity index (χ1n) is 6.10. The molecule has 0 bridgehead atoms. The zero-order chi connectivity index (χ0) is 12.3. The van der Waals surface area contributed by atoms with Crippen molar-refractivity contribution in [2.45, 2.75) is 26.2 Å². The first-order valence-corrected chi connectivity index (χ1v) is 6.92. The molecule has 0 saturated carbocycles. The average molecular weight is 260 g/mol. The third kappa shape index (κ3) is 1.23. The Morgan fingerprint density at radius 2 is 2.44 bits per heavy atom. The largest absolute Gasteiger partial charge is 0.349 e. The standard InChI is InChI=1S/C12H12N4OS/c1-6-2-3-7-8(4-6)18-11-9(7)10-13-5-14-16(10)12(17)15-11/h5-6H,2-4H2,1H3,(H,15,17)/t6-/m1/s1. The third-order valence-electron chi connectivity index (χ3n) is 3.70. The van der Waals surface area contributed by atoms with E-state index in [1.807, 2.05) is 0 Å². The number of nitrogens with one attached hydrogen (secondary N) is 1. The van der Waals surface area contributed by atoms with Crippen LogP contribution in [0.4, 0.5) is 0 Å². The van der Waals surface area contributed by atoms with Gasteiger partial charge >= 0.3 is 5.69 Å². The van der Waals surface area contributed by atoms with Crippen molar-refractivity contribution in [1.82, 2.24) is 19.6 Å². The maximum atomic E-state index is 11.8. The lowest BCUT2D eigenvalue weighted by Crippen LogP contribution is -2.17. The smallest absolute Gasteiger partial charge is 0.297 e. The summed E-state index contributed by atoms with van der Waals surface area (Å²) >= 11 is 1.70. The van der Waals surface area contributed by atoms with Gasteiger partial charge in [0, 0.05) is 4.88 Å². The molecule has 4 rings (SSSR count). The lowest BCUT2D eigenvalue weighted by molar-refractivity contribution is 0.509. The van der Waals surface area contributed by atoms with Crippen molar-refractivity contribution in [2.75, 3.05) is 0 Å². The molecule has 0 fully saturated rings. The Hall–Kier alpha value is -1.69. The first kappa shape index (κ1) is 10.3. The zero-order valence-corrected chi connectivity index (χ0v) is 10.8. The molecule has 6 heteroatoms. The van der Waals surface area contributed by atoms with Crippen molar-refractivity contribution in [3.8, 4) is 0 Å². The van der Waals surface area contributed by atoms with E-state index in [0.717, 1.165) is 29.0 Å². The minimum atomic E-state index is -0.207. The Morgan fingerprint density at radius 3 is 3.33 bits per heavy atom. The molecule has 0 saturated heterocycles. The van der Waals surface area contributed by atoms with E-state index in [2.05, 4.69) is 22.0 Å². The molecule has 1 atom stereocenters. The number of nitrogens with zero attached hydrogens (tertiary/aromatic N) is 3. The van der Waals surface area contributed by atoms with Gasteiger partial charge < -0.3 is 0 Å². The summed E-state index contributed by atoms with van der Waals surface area (Å²) in [6, 6.07) is 0. The van der Waals surface area contributed by atoms with Crippen molar-refractivity contribution >= 4 is 27.2 Å². The van der Waals surface area contributed by atoms with Gasteiger partial charge in [-0.3, -0.25) is 4.98 Å². The van der Waals surface area contributed by atoms with E-state index in [-0.39, 0.29) is 5.69 Å². The molecule has 3 aromatic heterocycles. The summed E-state index contributed by atoms with van der Waals surface area (Å²) in [5, 5.41) is 5.07. The predicted octanol–water partition coefficient (Wildman–Crippen LogP) is 1.76. The van der Waals surface area contributed by atoms with E-state index in [1.165, 1.54) is 27.7 Å². The van der Waals surface area contributed by atoms with Crippen molar-refractivity contribution in [3.63, 3.8) is 0 Å². The molecular formula is C12H12N4OS. The summed E-state index contributed by atoms with van der Waals surface area (Å²) in [7, 11) is 0. The van der Waals surface area contributed by atoms with Crippen LogP contribution in [0.15, 0.2) is 11.1 Å². The van der Waals surface area contributed by atoms with Gasteiger partial charge in [0.15, 0.2) is 5.65 Å². The van der Waals surface area contributed by atoms with E-state index < -0.39 is 0 Å². The molecule has 0 aromatic carbocycles. The second-order valence-corrected chi connectivity index (χ2v) is 6.09. The zero-order valence-electron chi connectivity index (χ0n) is 9.93. The highest BCUT2D eigenvalue weighted by Crippen LogP contribution is 2.37. The summed E-state index contributed by atoms with van der Waals surface area (Å²) in [6.07, 6.45) is 4.83. The van der Waals surface area contributed by atoms with Crippen molar-refractivity contribution in [1.29, 1.82) is 0 Å². The van der Waals surface area contributed by atoms with E-state index >= 15 is 0 Å². The normalized spacial score (nSPS) is 19.5. The molecule has 18 heavy (non-hydrogen) atoms. The fourth-order valence-corrected chi connectivity index (χ4v) is 4.18. The Bertz CT molecular complexity index is 813. The Morgan fingerprint density at radius 1 is 1.56 bits per heavy atom. The van der Waals surface area contributed by atoms with Crippen LogP contribution in [0.1, 0.15) is 23.8 Å². The van der Waals surface area contributed by atoms with Gasteiger partial charge in [0.25, 0.3) is 0 Å². The summed E-state index contributed by atoms with van der Waals surface area (Å²) in [4.78, 5) is 21.3. The number of thiophene rings is 1. The quantitative estimate of drug-likeness (QED) is 0.670. The summed E-state index contributed by atoms with van der Waals surface area (Å²) in [5.41, 5.74) is 1.85. The van der Waals surface area contributed by atoms with E-state index in [0.29, 0.717) is 5.65 Å². The van der Waals surface area contributed by atoms with Gasteiger partial charge in [-0.15, -0.1) is 11.3 Å². The molecule has 1 N–H and O–H groups in total. The van der Waals surface area contributed by atoms with Crippen LogP contribution in [0.2, 0.25) is 0 Å². The lowest BCUT2D eigenvalue weighted by Gasteiger charge is -2.17. The maximum Gasteiger partial charge on any atom is 0.349 e. The minimum Gasteiger partial charge on any atom is -0.297 e. The molecule has 1 aliphatic rings. The van der Waals surface area contributed by atoms with E-state index in [1.54, 1.807) is 11.3 Å². The molecule has 3 heterocycles. The van der Waals surface area contributed by atoms with Crippen LogP contribution >= 0.6 is 11.3 Å². The number of hydrogen-bond acceptors (Lipinski definition) is 4. The summed E-state index contributed by atoms with van der Waals surface area (Å²) in [5.74, 6) is 0.728. The van der Waals surface area contributed by atoms with Crippen LogP contribution in [0.25, 0.3) is 15.9 Å². The van der Waals surface area contributed by atoms with Gasteiger partial charge in [0.2, 0.25) is 0 Å². The minimum absolute atomic E-state index is 0.207.